The van der Waals surface area contributed by atoms with Crippen LogP contribution in [0, 0.1) is 11.6 Å². The maximum absolute atomic E-state index is 13.3. The molecule has 0 unspecified atom stereocenters. The second-order valence-electron chi connectivity index (χ2n) is 6.98. The Morgan fingerprint density at radius 2 is 1.81 bits per heavy atom. The first kappa shape index (κ1) is 20.6. The molecule has 2 heterocycles. The number of rotatable bonds is 8. The average Bonchev–Trinajstić information content (AvgIpc) is 3.13. The molecule has 2 aromatic heterocycles. The van der Waals surface area contributed by atoms with E-state index in [2.05, 4.69) is 30.6 Å². The SMILES string of the molecule is NCCCNCc1ccc(-c2c[nH]c(Nc3nc4cc(F)c(F)cc4[nH]3)nc2=O)cc1. The molecule has 31 heavy (non-hydrogen) atoms. The van der Waals surface area contributed by atoms with E-state index in [0.717, 1.165) is 42.8 Å². The third kappa shape index (κ3) is 4.76. The number of anilines is 2. The van der Waals surface area contributed by atoms with Crippen molar-refractivity contribution >= 4 is 22.9 Å². The Hall–Kier alpha value is -3.63. The van der Waals surface area contributed by atoms with Gasteiger partial charge in [-0.05, 0) is 30.6 Å². The lowest BCUT2D eigenvalue weighted by atomic mass is 10.1. The van der Waals surface area contributed by atoms with Gasteiger partial charge in [-0.15, -0.1) is 0 Å². The predicted molar refractivity (Wildman–Crippen MR) is 115 cm³/mol. The monoisotopic (exact) mass is 425 g/mol. The molecule has 0 saturated carbocycles. The number of nitrogens with zero attached hydrogens (tertiary/aromatic N) is 2. The molecule has 0 saturated heterocycles. The van der Waals surface area contributed by atoms with Crippen LogP contribution in [0.4, 0.5) is 20.7 Å². The number of halogens is 2. The molecule has 0 aliphatic rings. The second kappa shape index (κ2) is 9.02. The molecule has 4 rings (SSSR count). The van der Waals surface area contributed by atoms with Crippen molar-refractivity contribution in [1.29, 1.82) is 0 Å². The van der Waals surface area contributed by atoms with E-state index >= 15 is 0 Å². The number of nitrogens with two attached hydrogens (primary N) is 1. The molecule has 0 amide bonds. The fraction of sp³-hybridized carbons (Fsp3) is 0.190. The third-order valence-corrected chi connectivity index (χ3v) is 4.71. The van der Waals surface area contributed by atoms with Gasteiger partial charge in [0.05, 0.1) is 16.6 Å². The number of hydrogen-bond donors (Lipinski definition) is 5. The van der Waals surface area contributed by atoms with Crippen LogP contribution in [0.25, 0.3) is 22.2 Å². The molecule has 10 heteroatoms. The summed E-state index contributed by atoms with van der Waals surface area (Å²) in [5.41, 5.74) is 7.86. The van der Waals surface area contributed by atoms with Crippen molar-refractivity contribution in [3.63, 3.8) is 0 Å². The second-order valence-corrected chi connectivity index (χ2v) is 6.98. The number of imidazole rings is 1. The van der Waals surface area contributed by atoms with Crippen LogP contribution in [0.3, 0.4) is 0 Å². The van der Waals surface area contributed by atoms with Gasteiger partial charge in [-0.3, -0.25) is 10.1 Å². The highest BCUT2D eigenvalue weighted by molar-refractivity contribution is 5.78. The highest BCUT2D eigenvalue weighted by Gasteiger charge is 2.11. The zero-order valence-corrected chi connectivity index (χ0v) is 16.5. The Morgan fingerprint density at radius 3 is 2.55 bits per heavy atom. The zero-order valence-electron chi connectivity index (χ0n) is 16.5. The summed E-state index contributed by atoms with van der Waals surface area (Å²) < 4.78 is 26.7. The Balaban J connectivity index is 1.47. The van der Waals surface area contributed by atoms with Crippen molar-refractivity contribution in [2.45, 2.75) is 13.0 Å². The first-order chi connectivity index (χ1) is 15.0. The van der Waals surface area contributed by atoms with E-state index < -0.39 is 17.2 Å². The molecule has 160 valence electrons. The van der Waals surface area contributed by atoms with Gasteiger partial charge in [-0.25, -0.2) is 13.8 Å². The van der Waals surface area contributed by atoms with Crippen LogP contribution in [-0.4, -0.2) is 33.0 Å². The molecule has 8 nitrogen and oxygen atoms in total. The fourth-order valence-electron chi connectivity index (χ4n) is 3.11. The summed E-state index contributed by atoms with van der Waals surface area (Å²) in [6, 6.07) is 9.62. The Bertz CT molecular complexity index is 1210. The Morgan fingerprint density at radius 1 is 1.03 bits per heavy atom. The van der Waals surface area contributed by atoms with Gasteiger partial charge in [0.15, 0.2) is 11.6 Å². The average molecular weight is 425 g/mol. The quantitative estimate of drug-likeness (QED) is 0.277. The largest absolute Gasteiger partial charge is 0.331 e. The van der Waals surface area contributed by atoms with Crippen molar-refractivity contribution in [1.82, 2.24) is 25.3 Å². The van der Waals surface area contributed by atoms with E-state index in [1.807, 2.05) is 24.3 Å². The van der Waals surface area contributed by atoms with Gasteiger partial charge in [0.2, 0.25) is 11.9 Å². The minimum absolute atomic E-state index is 0.148. The minimum Gasteiger partial charge on any atom is -0.331 e. The number of nitrogens with one attached hydrogen (secondary N) is 4. The predicted octanol–water partition coefficient (Wildman–Crippen LogP) is 2.77. The van der Waals surface area contributed by atoms with Crippen LogP contribution in [0.1, 0.15) is 12.0 Å². The summed E-state index contributed by atoms with van der Waals surface area (Å²) in [6.45, 7) is 2.23. The number of benzene rings is 2. The summed E-state index contributed by atoms with van der Waals surface area (Å²) in [6.07, 6.45) is 2.47. The lowest BCUT2D eigenvalue weighted by Gasteiger charge is -2.07. The summed E-state index contributed by atoms with van der Waals surface area (Å²) in [5, 5.41) is 6.10. The molecule has 0 bridgehead atoms. The van der Waals surface area contributed by atoms with Crippen LogP contribution >= 0.6 is 0 Å². The lowest BCUT2D eigenvalue weighted by molar-refractivity contribution is 0.510. The third-order valence-electron chi connectivity index (χ3n) is 4.71. The fourth-order valence-corrected chi connectivity index (χ4v) is 3.11. The first-order valence-corrected chi connectivity index (χ1v) is 9.75. The van der Waals surface area contributed by atoms with Crippen molar-refractivity contribution in [3.05, 3.63) is 70.1 Å². The van der Waals surface area contributed by atoms with Gasteiger partial charge in [-0.2, -0.15) is 4.98 Å². The molecule has 0 radical (unpaired) electrons. The van der Waals surface area contributed by atoms with Gasteiger partial charge in [-0.1, -0.05) is 24.3 Å². The van der Waals surface area contributed by atoms with Crippen molar-refractivity contribution in [3.8, 4) is 11.1 Å². The summed E-state index contributed by atoms with van der Waals surface area (Å²) >= 11 is 0. The highest BCUT2D eigenvalue weighted by Crippen LogP contribution is 2.20. The molecular formula is C21H21F2N7O. The van der Waals surface area contributed by atoms with Crippen molar-refractivity contribution in [2.75, 3.05) is 18.4 Å². The molecular weight excluding hydrogens is 404 g/mol. The number of aromatic amines is 2. The molecule has 6 N–H and O–H groups in total. The van der Waals surface area contributed by atoms with Crippen LogP contribution in [0.15, 0.2) is 47.4 Å². The number of H-pyrrole nitrogens is 2. The molecule has 4 aromatic rings. The molecule has 0 atom stereocenters. The van der Waals surface area contributed by atoms with E-state index in [0.29, 0.717) is 17.6 Å². The minimum atomic E-state index is -0.987. The summed E-state index contributed by atoms with van der Waals surface area (Å²) in [5.74, 6) is -1.62. The molecule has 0 aliphatic carbocycles. The maximum Gasteiger partial charge on any atom is 0.282 e. The van der Waals surface area contributed by atoms with Crippen LogP contribution < -0.4 is 21.9 Å². The Labute approximate surface area is 175 Å². The van der Waals surface area contributed by atoms with Gasteiger partial charge in [0.25, 0.3) is 5.56 Å². The smallest absolute Gasteiger partial charge is 0.282 e. The number of fused-ring (bicyclic) bond motifs is 1. The zero-order chi connectivity index (χ0) is 21.8. The van der Waals surface area contributed by atoms with E-state index in [4.69, 9.17) is 5.73 Å². The highest BCUT2D eigenvalue weighted by atomic mass is 19.2. The molecule has 0 spiro atoms. The van der Waals surface area contributed by atoms with Gasteiger partial charge in [0.1, 0.15) is 0 Å². The van der Waals surface area contributed by atoms with Crippen molar-refractivity contribution < 1.29 is 8.78 Å². The van der Waals surface area contributed by atoms with Crippen LogP contribution in [-0.2, 0) is 6.54 Å². The summed E-state index contributed by atoms with van der Waals surface area (Å²) in [7, 11) is 0. The van der Waals surface area contributed by atoms with E-state index in [-0.39, 0.29) is 17.4 Å². The molecule has 2 aromatic carbocycles. The molecule has 0 aliphatic heterocycles. The van der Waals surface area contributed by atoms with E-state index in [1.165, 1.54) is 0 Å². The normalized spacial score (nSPS) is 11.2. The topological polar surface area (TPSA) is 125 Å². The van der Waals surface area contributed by atoms with Gasteiger partial charge >= 0.3 is 0 Å². The van der Waals surface area contributed by atoms with E-state index in [1.54, 1.807) is 6.20 Å². The maximum atomic E-state index is 13.3. The summed E-state index contributed by atoms with van der Waals surface area (Å²) in [4.78, 5) is 26.3. The first-order valence-electron chi connectivity index (χ1n) is 9.75. The van der Waals surface area contributed by atoms with E-state index in [9.17, 15) is 13.6 Å². The standard InChI is InChI=1S/C21H21F2N7O/c22-15-8-17-18(9-16(15)23)28-21(27-17)30-20-26-11-14(19(31)29-20)13-4-2-12(3-5-13)10-25-7-1-6-24/h2-5,8-9,11,25H,1,6-7,10,24H2,(H3,26,27,28,29,30,31). The van der Waals surface area contributed by atoms with Gasteiger partial charge < -0.3 is 21.0 Å². The lowest BCUT2D eigenvalue weighted by Crippen LogP contribution is -2.17. The Kier molecular flexibility index (Phi) is 6.01. The van der Waals surface area contributed by atoms with Crippen molar-refractivity contribution in [2.24, 2.45) is 5.73 Å². The molecule has 0 fully saturated rings. The van der Waals surface area contributed by atoms with Crippen LogP contribution in [0.5, 0.6) is 0 Å². The number of aromatic nitrogens is 4. The van der Waals surface area contributed by atoms with Crippen LogP contribution in [0.2, 0.25) is 0 Å². The van der Waals surface area contributed by atoms with Gasteiger partial charge in [0, 0.05) is 24.9 Å². The number of hydrogen-bond acceptors (Lipinski definition) is 6.